The van der Waals surface area contributed by atoms with Crippen molar-refractivity contribution in [1.82, 2.24) is 4.98 Å². The zero-order valence-corrected chi connectivity index (χ0v) is 17.4. The van der Waals surface area contributed by atoms with Crippen molar-refractivity contribution in [3.05, 3.63) is 57.5 Å². The van der Waals surface area contributed by atoms with Crippen LogP contribution in [0.2, 0.25) is 0 Å². The van der Waals surface area contributed by atoms with Gasteiger partial charge in [0.1, 0.15) is 17.2 Å². The van der Waals surface area contributed by atoms with Crippen LogP contribution in [-0.4, -0.2) is 25.1 Å². The molecular formula is C19H18BrN3O3S. The molecule has 6 nitrogen and oxygen atoms in total. The molecule has 0 atom stereocenters. The summed E-state index contributed by atoms with van der Waals surface area (Å²) in [6.45, 7) is 1.93. The van der Waals surface area contributed by atoms with Gasteiger partial charge in [0.25, 0.3) is 5.91 Å². The summed E-state index contributed by atoms with van der Waals surface area (Å²) in [5.41, 5.74) is 2.80. The summed E-state index contributed by atoms with van der Waals surface area (Å²) in [6, 6.07) is 11.1. The third kappa shape index (κ3) is 4.58. The highest BCUT2D eigenvalue weighted by Gasteiger charge is 2.14. The van der Waals surface area contributed by atoms with Crippen LogP contribution in [0.5, 0.6) is 11.5 Å². The van der Waals surface area contributed by atoms with Gasteiger partial charge in [-0.2, -0.15) is 0 Å². The quantitative estimate of drug-likeness (QED) is 0.541. The van der Waals surface area contributed by atoms with Crippen LogP contribution in [0.1, 0.15) is 16.1 Å². The Morgan fingerprint density at radius 2 is 1.89 bits per heavy atom. The van der Waals surface area contributed by atoms with Crippen LogP contribution < -0.4 is 20.1 Å². The minimum Gasteiger partial charge on any atom is -0.497 e. The zero-order valence-electron chi connectivity index (χ0n) is 15.0. The fourth-order valence-electron chi connectivity index (χ4n) is 2.41. The molecule has 2 N–H and O–H groups in total. The normalized spacial score (nSPS) is 10.4. The number of carbonyl (C=O) groups is 1. The van der Waals surface area contributed by atoms with Crippen LogP contribution in [0.25, 0.3) is 0 Å². The molecule has 1 heterocycles. The number of amides is 1. The van der Waals surface area contributed by atoms with Crippen LogP contribution in [-0.2, 0) is 0 Å². The van der Waals surface area contributed by atoms with E-state index in [1.165, 1.54) is 11.3 Å². The summed E-state index contributed by atoms with van der Waals surface area (Å²) >= 11 is 4.75. The van der Waals surface area contributed by atoms with E-state index in [4.69, 9.17) is 9.47 Å². The number of thiazole rings is 1. The van der Waals surface area contributed by atoms with Gasteiger partial charge in [0.15, 0.2) is 5.13 Å². The number of halogens is 1. The number of rotatable bonds is 6. The van der Waals surface area contributed by atoms with Crippen LogP contribution in [0.3, 0.4) is 0 Å². The SMILES string of the molecule is COc1ccc(Nc2nc(C(=O)Nc3ccc(Br)cc3C)cs2)c(OC)c1. The van der Waals surface area contributed by atoms with Crippen LogP contribution in [0, 0.1) is 6.92 Å². The summed E-state index contributed by atoms with van der Waals surface area (Å²) in [5.74, 6) is 1.06. The molecule has 0 saturated heterocycles. The van der Waals surface area contributed by atoms with E-state index in [1.54, 1.807) is 25.7 Å². The minimum absolute atomic E-state index is 0.258. The van der Waals surface area contributed by atoms with Gasteiger partial charge < -0.3 is 20.1 Å². The van der Waals surface area contributed by atoms with E-state index in [1.807, 2.05) is 37.3 Å². The van der Waals surface area contributed by atoms with Gasteiger partial charge in [-0.3, -0.25) is 4.79 Å². The van der Waals surface area contributed by atoms with Gasteiger partial charge in [-0.05, 0) is 42.8 Å². The number of aromatic nitrogens is 1. The molecule has 1 amide bonds. The highest BCUT2D eigenvalue weighted by atomic mass is 79.9. The lowest BCUT2D eigenvalue weighted by Crippen LogP contribution is -2.13. The Bertz CT molecular complexity index is 975. The molecule has 0 fully saturated rings. The first-order valence-electron chi connectivity index (χ1n) is 8.02. The standard InChI is InChI=1S/C19H18BrN3O3S/c1-11-8-12(20)4-6-14(11)21-18(24)16-10-27-19(23-16)22-15-7-5-13(25-2)9-17(15)26-3/h4-10H,1-3H3,(H,21,24)(H,22,23). The molecule has 0 saturated carbocycles. The molecule has 2 aromatic carbocycles. The number of nitrogens with zero attached hydrogens (tertiary/aromatic N) is 1. The number of anilines is 3. The Kier molecular flexibility index (Phi) is 5.98. The molecule has 0 aliphatic heterocycles. The zero-order chi connectivity index (χ0) is 19.4. The van der Waals surface area contributed by atoms with Gasteiger partial charge in [0.2, 0.25) is 0 Å². The molecule has 0 aliphatic rings. The molecule has 0 unspecified atom stereocenters. The van der Waals surface area contributed by atoms with E-state index >= 15 is 0 Å². The van der Waals surface area contributed by atoms with Gasteiger partial charge in [0.05, 0.1) is 19.9 Å². The molecule has 0 bridgehead atoms. The van der Waals surface area contributed by atoms with E-state index in [-0.39, 0.29) is 5.91 Å². The molecule has 3 rings (SSSR count). The number of benzene rings is 2. The topological polar surface area (TPSA) is 72.5 Å². The van der Waals surface area contributed by atoms with E-state index in [0.29, 0.717) is 22.3 Å². The lowest BCUT2D eigenvalue weighted by Gasteiger charge is -2.10. The summed E-state index contributed by atoms with van der Waals surface area (Å²) < 4.78 is 11.5. The molecule has 0 radical (unpaired) electrons. The highest BCUT2D eigenvalue weighted by Crippen LogP contribution is 2.32. The monoisotopic (exact) mass is 447 g/mol. The fourth-order valence-corrected chi connectivity index (χ4v) is 3.58. The van der Waals surface area contributed by atoms with Crippen molar-refractivity contribution in [2.45, 2.75) is 6.92 Å². The second-order valence-corrected chi connectivity index (χ2v) is 7.42. The predicted octanol–water partition coefficient (Wildman–Crippen LogP) is 5.23. The molecule has 0 spiro atoms. The lowest BCUT2D eigenvalue weighted by molar-refractivity contribution is 0.102. The second kappa shape index (κ2) is 8.41. The van der Waals surface area contributed by atoms with Crippen LogP contribution in [0.15, 0.2) is 46.3 Å². The molecule has 27 heavy (non-hydrogen) atoms. The number of hydrogen-bond acceptors (Lipinski definition) is 6. The Morgan fingerprint density at radius 1 is 1.11 bits per heavy atom. The second-order valence-electron chi connectivity index (χ2n) is 5.64. The van der Waals surface area contributed by atoms with Crippen molar-refractivity contribution in [2.24, 2.45) is 0 Å². The average molecular weight is 448 g/mol. The van der Waals surface area contributed by atoms with Crippen LogP contribution >= 0.6 is 27.3 Å². The first-order valence-corrected chi connectivity index (χ1v) is 9.69. The first-order chi connectivity index (χ1) is 13.0. The first kappa shape index (κ1) is 19.2. The van der Waals surface area contributed by atoms with Crippen molar-refractivity contribution in [3.8, 4) is 11.5 Å². The third-order valence-corrected chi connectivity index (χ3v) is 5.07. The smallest absolute Gasteiger partial charge is 0.275 e. The summed E-state index contributed by atoms with van der Waals surface area (Å²) in [7, 11) is 3.18. The molecule has 8 heteroatoms. The van der Waals surface area contributed by atoms with Crippen LogP contribution in [0.4, 0.5) is 16.5 Å². The van der Waals surface area contributed by atoms with Crippen molar-refractivity contribution in [3.63, 3.8) is 0 Å². The van der Waals surface area contributed by atoms with Crippen molar-refractivity contribution >= 4 is 49.7 Å². The number of aryl methyl sites for hydroxylation is 1. The van der Waals surface area contributed by atoms with Gasteiger partial charge in [-0.25, -0.2) is 4.98 Å². The number of nitrogens with one attached hydrogen (secondary N) is 2. The fraction of sp³-hybridized carbons (Fsp3) is 0.158. The maximum Gasteiger partial charge on any atom is 0.275 e. The number of hydrogen-bond donors (Lipinski definition) is 2. The molecular weight excluding hydrogens is 430 g/mol. The maximum absolute atomic E-state index is 12.5. The minimum atomic E-state index is -0.258. The average Bonchev–Trinajstić information content (AvgIpc) is 3.13. The third-order valence-electron chi connectivity index (χ3n) is 3.82. The molecule has 0 aliphatic carbocycles. The van der Waals surface area contributed by atoms with Gasteiger partial charge in [0, 0.05) is 21.6 Å². The Labute approximate surface area is 169 Å². The van der Waals surface area contributed by atoms with E-state index in [0.717, 1.165) is 21.4 Å². The van der Waals surface area contributed by atoms with E-state index in [9.17, 15) is 4.79 Å². The highest BCUT2D eigenvalue weighted by molar-refractivity contribution is 9.10. The Morgan fingerprint density at radius 3 is 2.59 bits per heavy atom. The summed E-state index contributed by atoms with van der Waals surface area (Å²) in [6.07, 6.45) is 0. The lowest BCUT2D eigenvalue weighted by atomic mass is 10.2. The largest absolute Gasteiger partial charge is 0.497 e. The van der Waals surface area contributed by atoms with E-state index in [2.05, 4.69) is 31.5 Å². The van der Waals surface area contributed by atoms with Crippen molar-refractivity contribution in [1.29, 1.82) is 0 Å². The number of carbonyl (C=O) groups excluding carboxylic acids is 1. The summed E-state index contributed by atoms with van der Waals surface area (Å²) in [4.78, 5) is 16.8. The molecule has 1 aromatic heterocycles. The van der Waals surface area contributed by atoms with Gasteiger partial charge in [-0.15, -0.1) is 11.3 Å². The Balaban J connectivity index is 1.74. The van der Waals surface area contributed by atoms with Crippen molar-refractivity contribution in [2.75, 3.05) is 24.9 Å². The molecule has 3 aromatic rings. The number of methoxy groups -OCH3 is 2. The maximum atomic E-state index is 12.5. The van der Waals surface area contributed by atoms with Crippen molar-refractivity contribution < 1.29 is 14.3 Å². The predicted molar refractivity (Wildman–Crippen MR) is 112 cm³/mol. The van der Waals surface area contributed by atoms with Gasteiger partial charge in [-0.1, -0.05) is 15.9 Å². The number of ether oxygens (including phenoxy) is 2. The Hall–Kier alpha value is -2.58. The van der Waals surface area contributed by atoms with Gasteiger partial charge >= 0.3 is 0 Å². The summed E-state index contributed by atoms with van der Waals surface area (Å²) in [5, 5.41) is 8.36. The van der Waals surface area contributed by atoms with E-state index < -0.39 is 0 Å². The molecule has 140 valence electrons.